The van der Waals surface area contributed by atoms with E-state index in [1.807, 2.05) is 12.1 Å². The highest BCUT2D eigenvalue weighted by molar-refractivity contribution is 7.99. The molecule has 0 spiro atoms. The van der Waals surface area contributed by atoms with E-state index >= 15 is 0 Å². The Morgan fingerprint density at radius 2 is 1.93 bits per heavy atom. The van der Waals surface area contributed by atoms with Gasteiger partial charge in [0.15, 0.2) is 0 Å². The molecule has 0 radical (unpaired) electrons. The monoisotopic (exact) mass is 420 g/mol. The fourth-order valence-corrected chi connectivity index (χ4v) is 5.58. The molecular formula is C26H32N2OS. The predicted octanol–water partition coefficient (Wildman–Crippen LogP) is 6.94. The third kappa shape index (κ3) is 4.34. The molecule has 1 amide bonds. The minimum absolute atomic E-state index is 0.0265. The molecule has 4 rings (SSSR count). The van der Waals surface area contributed by atoms with Crippen LogP contribution >= 0.6 is 11.8 Å². The van der Waals surface area contributed by atoms with Crippen molar-refractivity contribution in [1.29, 1.82) is 0 Å². The van der Waals surface area contributed by atoms with E-state index < -0.39 is 0 Å². The highest BCUT2D eigenvalue weighted by Gasteiger charge is 2.28. The highest BCUT2D eigenvalue weighted by Crippen LogP contribution is 2.41. The first-order valence-corrected chi connectivity index (χ1v) is 12.1. The third-order valence-corrected chi connectivity index (χ3v) is 7.79. The van der Waals surface area contributed by atoms with Crippen LogP contribution in [0.4, 0.5) is 5.69 Å². The average molecular weight is 421 g/mol. The second kappa shape index (κ2) is 8.97. The maximum Gasteiger partial charge on any atom is 0.251 e. The zero-order chi connectivity index (χ0) is 21.3. The van der Waals surface area contributed by atoms with Crippen LogP contribution in [-0.4, -0.2) is 17.7 Å². The van der Waals surface area contributed by atoms with Gasteiger partial charge < -0.3 is 5.32 Å². The van der Waals surface area contributed by atoms with Gasteiger partial charge in [-0.05, 0) is 61.9 Å². The number of aryl methyl sites for hydroxylation is 1. The molecule has 2 aromatic rings. The molecule has 4 heteroatoms. The summed E-state index contributed by atoms with van der Waals surface area (Å²) in [7, 11) is 0. The normalized spacial score (nSPS) is 23.1. The number of rotatable bonds is 4. The van der Waals surface area contributed by atoms with Crippen LogP contribution < -0.4 is 5.32 Å². The van der Waals surface area contributed by atoms with Gasteiger partial charge in [-0.2, -0.15) is 0 Å². The van der Waals surface area contributed by atoms with Crippen LogP contribution in [-0.2, 0) is 0 Å². The van der Waals surface area contributed by atoms with Gasteiger partial charge in [0.1, 0.15) is 0 Å². The van der Waals surface area contributed by atoms with Crippen molar-refractivity contribution in [2.45, 2.75) is 75.6 Å². The van der Waals surface area contributed by atoms with E-state index in [0.717, 1.165) is 35.6 Å². The van der Waals surface area contributed by atoms with E-state index in [2.05, 4.69) is 57.3 Å². The maximum absolute atomic E-state index is 13.0. The molecule has 3 atom stereocenters. The first kappa shape index (κ1) is 21.2. The molecule has 1 heterocycles. The SMILES string of the molecule is CCCC1=Nc2cc(C(=O)N[C@@H]3CCC[C@@H](C)[C@@H]3C)ccc2Sc2ccc(C)cc21. The topological polar surface area (TPSA) is 41.5 Å². The van der Waals surface area contributed by atoms with Gasteiger partial charge in [-0.15, -0.1) is 0 Å². The number of carbonyl (C=O) groups is 1. The third-order valence-electron chi connectivity index (χ3n) is 6.65. The van der Waals surface area contributed by atoms with Crippen molar-refractivity contribution in [2.24, 2.45) is 16.8 Å². The smallest absolute Gasteiger partial charge is 0.251 e. The lowest BCUT2D eigenvalue weighted by Crippen LogP contribution is -2.43. The average Bonchev–Trinajstić information content (AvgIpc) is 2.87. The zero-order valence-electron chi connectivity index (χ0n) is 18.5. The van der Waals surface area contributed by atoms with Gasteiger partial charge in [0.05, 0.1) is 5.69 Å². The van der Waals surface area contributed by atoms with Gasteiger partial charge in [-0.1, -0.05) is 63.4 Å². The zero-order valence-corrected chi connectivity index (χ0v) is 19.3. The summed E-state index contributed by atoms with van der Waals surface area (Å²) in [6.07, 6.45) is 5.51. The number of hydrogen-bond donors (Lipinski definition) is 1. The Hall–Kier alpha value is -2.07. The second-order valence-electron chi connectivity index (χ2n) is 8.94. The molecule has 3 nitrogen and oxygen atoms in total. The lowest BCUT2D eigenvalue weighted by atomic mass is 9.78. The lowest BCUT2D eigenvalue weighted by Gasteiger charge is -2.34. The molecule has 1 aliphatic carbocycles. The summed E-state index contributed by atoms with van der Waals surface area (Å²) in [5, 5.41) is 3.30. The van der Waals surface area contributed by atoms with Crippen LogP contribution in [0.25, 0.3) is 0 Å². The molecule has 0 saturated heterocycles. The Morgan fingerprint density at radius 3 is 2.73 bits per heavy atom. The van der Waals surface area contributed by atoms with Crippen LogP contribution in [0.5, 0.6) is 0 Å². The second-order valence-corrected chi connectivity index (χ2v) is 10.0. The van der Waals surface area contributed by atoms with Crippen LogP contribution in [0.15, 0.2) is 51.2 Å². The molecule has 1 saturated carbocycles. The molecule has 2 aliphatic rings. The number of aliphatic imine (C=N–C) groups is 1. The molecule has 0 aromatic heterocycles. The van der Waals surface area contributed by atoms with Crippen molar-refractivity contribution in [3.05, 3.63) is 53.1 Å². The molecule has 2 aromatic carbocycles. The van der Waals surface area contributed by atoms with E-state index in [-0.39, 0.29) is 11.9 Å². The van der Waals surface area contributed by atoms with E-state index in [4.69, 9.17) is 4.99 Å². The van der Waals surface area contributed by atoms with Crippen molar-refractivity contribution >= 4 is 29.1 Å². The summed E-state index contributed by atoms with van der Waals surface area (Å²) in [5.74, 6) is 1.21. The number of fused-ring (bicyclic) bond motifs is 2. The van der Waals surface area contributed by atoms with Crippen LogP contribution in [0.3, 0.4) is 0 Å². The number of nitrogens with zero attached hydrogens (tertiary/aromatic N) is 1. The highest BCUT2D eigenvalue weighted by atomic mass is 32.2. The van der Waals surface area contributed by atoms with Crippen LogP contribution in [0.2, 0.25) is 0 Å². The summed E-state index contributed by atoms with van der Waals surface area (Å²) in [6.45, 7) is 8.88. The van der Waals surface area contributed by atoms with Crippen molar-refractivity contribution in [2.75, 3.05) is 0 Å². The molecule has 30 heavy (non-hydrogen) atoms. The Bertz CT molecular complexity index is 981. The molecule has 0 unspecified atom stereocenters. The Morgan fingerprint density at radius 1 is 1.13 bits per heavy atom. The van der Waals surface area contributed by atoms with Gasteiger partial charge in [0.2, 0.25) is 0 Å². The van der Waals surface area contributed by atoms with Crippen molar-refractivity contribution < 1.29 is 4.79 Å². The fraction of sp³-hybridized carbons (Fsp3) is 0.462. The number of carbonyl (C=O) groups excluding carboxylic acids is 1. The maximum atomic E-state index is 13.0. The van der Waals surface area contributed by atoms with Gasteiger partial charge in [0, 0.05) is 32.7 Å². The van der Waals surface area contributed by atoms with E-state index in [9.17, 15) is 4.79 Å². The quantitative estimate of drug-likeness (QED) is 0.582. The first-order chi connectivity index (χ1) is 14.5. The first-order valence-electron chi connectivity index (χ1n) is 11.3. The number of benzene rings is 2. The summed E-state index contributed by atoms with van der Waals surface area (Å²) >= 11 is 1.75. The molecule has 158 valence electrons. The van der Waals surface area contributed by atoms with E-state index in [0.29, 0.717) is 17.4 Å². The summed E-state index contributed by atoms with van der Waals surface area (Å²) < 4.78 is 0. The standard InChI is InChI=1S/C26H32N2OS/c1-5-7-22-20-14-16(2)10-12-24(20)30-25-13-11-19(15-23(25)27-22)26(29)28-21-9-6-8-17(3)18(21)4/h10-15,17-18,21H,5-9H2,1-4H3,(H,28,29)/t17-,18+,21-/m1/s1. The lowest BCUT2D eigenvalue weighted by molar-refractivity contribution is 0.0891. The molecule has 1 fully saturated rings. The summed E-state index contributed by atoms with van der Waals surface area (Å²) in [4.78, 5) is 20.4. The number of nitrogens with one attached hydrogen (secondary N) is 1. The van der Waals surface area contributed by atoms with Crippen molar-refractivity contribution in [3.8, 4) is 0 Å². The molecule has 0 bridgehead atoms. The minimum Gasteiger partial charge on any atom is -0.349 e. The Kier molecular flexibility index (Phi) is 6.33. The summed E-state index contributed by atoms with van der Waals surface area (Å²) in [5.41, 5.74) is 5.22. The largest absolute Gasteiger partial charge is 0.349 e. The number of amides is 1. The predicted molar refractivity (Wildman–Crippen MR) is 126 cm³/mol. The van der Waals surface area contributed by atoms with Crippen LogP contribution in [0.1, 0.15) is 74.4 Å². The molecule has 1 aliphatic heterocycles. The van der Waals surface area contributed by atoms with Gasteiger partial charge >= 0.3 is 0 Å². The Labute approximate surface area is 184 Å². The van der Waals surface area contributed by atoms with E-state index in [1.165, 1.54) is 28.9 Å². The van der Waals surface area contributed by atoms with Gasteiger partial charge in [-0.25, -0.2) is 0 Å². The van der Waals surface area contributed by atoms with E-state index in [1.54, 1.807) is 11.8 Å². The number of hydrogen-bond acceptors (Lipinski definition) is 3. The molecular weight excluding hydrogens is 388 g/mol. The van der Waals surface area contributed by atoms with Crippen molar-refractivity contribution in [3.63, 3.8) is 0 Å². The van der Waals surface area contributed by atoms with Gasteiger partial charge in [-0.3, -0.25) is 9.79 Å². The Balaban J connectivity index is 1.64. The summed E-state index contributed by atoms with van der Waals surface area (Å²) in [6, 6.07) is 12.8. The fourth-order valence-electron chi connectivity index (χ4n) is 4.58. The van der Waals surface area contributed by atoms with Gasteiger partial charge in [0.25, 0.3) is 5.91 Å². The minimum atomic E-state index is 0.0265. The van der Waals surface area contributed by atoms with Crippen molar-refractivity contribution in [1.82, 2.24) is 5.32 Å². The molecule has 1 N–H and O–H groups in total. The van der Waals surface area contributed by atoms with Crippen LogP contribution in [0, 0.1) is 18.8 Å².